The molecule has 0 bridgehead atoms. The topological polar surface area (TPSA) is 83.5 Å². The number of amides is 1. The summed E-state index contributed by atoms with van der Waals surface area (Å²) in [7, 11) is 1.63. The summed E-state index contributed by atoms with van der Waals surface area (Å²) in [5, 5.41) is 3.22. The van der Waals surface area contributed by atoms with Crippen molar-refractivity contribution in [2.45, 2.75) is 13.3 Å². The molecular weight excluding hydrogens is 392 g/mol. The third kappa shape index (κ3) is 5.09. The van der Waals surface area contributed by atoms with Gasteiger partial charge in [-0.05, 0) is 25.1 Å². The molecule has 1 N–H and O–H groups in total. The number of anilines is 3. The molecule has 2 aromatic heterocycles. The monoisotopic (exact) mass is 418 g/mol. The lowest BCUT2D eigenvalue weighted by Gasteiger charge is -2.35. The van der Waals surface area contributed by atoms with E-state index in [1.54, 1.807) is 13.3 Å². The van der Waals surface area contributed by atoms with E-state index in [-0.39, 0.29) is 5.91 Å². The number of carbonyl (C=O) groups excluding carboxylic acids is 1. The van der Waals surface area contributed by atoms with Gasteiger partial charge in [0.25, 0.3) is 0 Å². The maximum Gasteiger partial charge on any atom is 0.227 e. The van der Waals surface area contributed by atoms with Gasteiger partial charge in [-0.25, -0.2) is 15.0 Å². The van der Waals surface area contributed by atoms with Crippen molar-refractivity contribution in [2.24, 2.45) is 0 Å². The zero-order valence-corrected chi connectivity index (χ0v) is 17.8. The summed E-state index contributed by atoms with van der Waals surface area (Å²) in [5.74, 6) is 3.84. The summed E-state index contributed by atoms with van der Waals surface area (Å²) in [6.45, 7) is 4.62. The largest absolute Gasteiger partial charge is 0.496 e. The van der Waals surface area contributed by atoms with Crippen molar-refractivity contribution in [1.82, 2.24) is 19.9 Å². The van der Waals surface area contributed by atoms with Crippen LogP contribution in [-0.2, 0) is 11.2 Å². The number of pyridine rings is 1. The SMILES string of the molecule is COc1ccccc1CC(=O)N1CCN(c2cc(Nc3ccccn3)nc(C)n2)CC1. The number of rotatable bonds is 6. The highest BCUT2D eigenvalue weighted by Crippen LogP contribution is 2.22. The molecule has 1 aromatic carbocycles. The second-order valence-electron chi connectivity index (χ2n) is 7.36. The van der Waals surface area contributed by atoms with Crippen molar-refractivity contribution in [3.8, 4) is 5.75 Å². The molecule has 31 heavy (non-hydrogen) atoms. The zero-order valence-electron chi connectivity index (χ0n) is 17.8. The van der Waals surface area contributed by atoms with Crippen LogP contribution in [0.15, 0.2) is 54.7 Å². The number of benzene rings is 1. The van der Waals surface area contributed by atoms with Crippen molar-refractivity contribution in [3.63, 3.8) is 0 Å². The van der Waals surface area contributed by atoms with Gasteiger partial charge in [-0.1, -0.05) is 24.3 Å². The Morgan fingerprint density at radius 2 is 1.81 bits per heavy atom. The van der Waals surface area contributed by atoms with E-state index in [1.807, 2.05) is 60.4 Å². The minimum Gasteiger partial charge on any atom is -0.496 e. The molecule has 0 saturated carbocycles. The Morgan fingerprint density at radius 1 is 1.03 bits per heavy atom. The van der Waals surface area contributed by atoms with Gasteiger partial charge in [0.15, 0.2) is 0 Å². The second kappa shape index (κ2) is 9.42. The van der Waals surface area contributed by atoms with E-state index in [1.165, 1.54) is 0 Å². The van der Waals surface area contributed by atoms with Crippen molar-refractivity contribution < 1.29 is 9.53 Å². The van der Waals surface area contributed by atoms with Gasteiger partial charge in [0.2, 0.25) is 5.91 Å². The summed E-state index contributed by atoms with van der Waals surface area (Å²) in [5.41, 5.74) is 0.911. The molecule has 3 heterocycles. The maximum absolute atomic E-state index is 12.8. The van der Waals surface area contributed by atoms with E-state index < -0.39 is 0 Å². The Hall–Kier alpha value is -3.68. The Labute approximate surface area is 181 Å². The van der Waals surface area contributed by atoms with Crippen LogP contribution in [-0.4, -0.2) is 59.0 Å². The van der Waals surface area contributed by atoms with Crippen LogP contribution in [0.1, 0.15) is 11.4 Å². The number of aryl methyl sites for hydroxylation is 1. The minimum atomic E-state index is 0.112. The van der Waals surface area contributed by atoms with E-state index in [0.29, 0.717) is 31.2 Å². The molecule has 1 fully saturated rings. The van der Waals surface area contributed by atoms with Gasteiger partial charge in [-0.15, -0.1) is 0 Å². The predicted molar refractivity (Wildman–Crippen MR) is 120 cm³/mol. The standard InChI is InChI=1S/C23H26N6O2/c1-17-25-21(27-20-9-5-6-10-24-20)16-22(26-17)28-11-13-29(14-12-28)23(30)15-18-7-3-4-8-19(18)31-2/h3-10,16H,11-15H2,1-2H3,(H,24,25,26,27). The normalized spacial score (nSPS) is 13.7. The van der Waals surface area contributed by atoms with Gasteiger partial charge in [0, 0.05) is 44.0 Å². The number of carbonyl (C=O) groups is 1. The maximum atomic E-state index is 12.8. The molecular formula is C23H26N6O2. The van der Waals surface area contributed by atoms with Crippen molar-refractivity contribution in [3.05, 3.63) is 66.1 Å². The number of hydrogen-bond acceptors (Lipinski definition) is 7. The first-order chi connectivity index (χ1) is 15.1. The van der Waals surface area contributed by atoms with E-state index >= 15 is 0 Å². The number of piperazine rings is 1. The van der Waals surface area contributed by atoms with Gasteiger partial charge in [-0.2, -0.15) is 0 Å². The van der Waals surface area contributed by atoms with Crippen LogP contribution in [0.4, 0.5) is 17.5 Å². The predicted octanol–water partition coefficient (Wildman–Crippen LogP) is 2.82. The lowest BCUT2D eigenvalue weighted by Crippen LogP contribution is -2.49. The van der Waals surface area contributed by atoms with Gasteiger partial charge >= 0.3 is 0 Å². The third-order valence-electron chi connectivity index (χ3n) is 5.24. The van der Waals surface area contributed by atoms with Gasteiger partial charge < -0.3 is 19.9 Å². The van der Waals surface area contributed by atoms with Crippen LogP contribution in [0, 0.1) is 6.92 Å². The molecule has 0 spiro atoms. The molecule has 8 nitrogen and oxygen atoms in total. The fraction of sp³-hybridized carbons (Fsp3) is 0.304. The summed E-state index contributed by atoms with van der Waals surface area (Å²) in [6, 6.07) is 15.3. The summed E-state index contributed by atoms with van der Waals surface area (Å²) < 4.78 is 5.37. The Morgan fingerprint density at radius 3 is 2.55 bits per heavy atom. The lowest BCUT2D eigenvalue weighted by molar-refractivity contribution is -0.130. The molecule has 1 amide bonds. The first kappa shape index (κ1) is 20.6. The quantitative estimate of drug-likeness (QED) is 0.659. The summed E-state index contributed by atoms with van der Waals surface area (Å²) in [6.07, 6.45) is 2.08. The molecule has 3 aromatic rings. The van der Waals surface area contributed by atoms with E-state index in [0.717, 1.165) is 36.0 Å². The highest BCUT2D eigenvalue weighted by Gasteiger charge is 2.23. The Balaban J connectivity index is 1.39. The molecule has 0 aliphatic carbocycles. The van der Waals surface area contributed by atoms with Crippen molar-refractivity contribution in [2.75, 3.05) is 43.5 Å². The van der Waals surface area contributed by atoms with Crippen LogP contribution in [0.2, 0.25) is 0 Å². The molecule has 0 radical (unpaired) electrons. The van der Waals surface area contributed by atoms with Crippen molar-refractivity contribution >= 4 is 23.4 Å². The van der Waals surface area contributed by atoms with E-state index in [9.17, 15) is 4.79 Å². The molecule has 1 saturated heterocycles. The second-order valence-corrected chi connectivity index (χ2v) is 7.36. The highest BCUT2D eigenvalue weighted by atomic mass is 16.5. The molecule has 0 unspecified atom stereocenters. The number of para-hydroxylation sites is 1. The lowest BCUT2D eigenvalue weighted by atomic mass is 10.1. The number of ether oxygens (including phenoxy) is 1. The number of nitrogens with zero attached hydrogens (tertiary/aromatic N) is 5. The fourth-order valence-corrected chi connectivity index (χ4v) is 3.65. The zero-order chi connectivity index (χ0) is 21.6. The average Bonchev–Trinajstić information content (AvgIpc) is 2.80. The Bertz CT molecular complexity index is 1040. The van der Waals surface area contributed by atoms with Crippen LogP contribution < -0.4 is 15.0 Å². The van der Waals surface area contributed by atoms with Crippen molar-refractivity contribution in [1.29, 1.82) is 0 Å². The van der Waals surface area contributed by atoms with Gasteiger partial charge in [0.1, 0.15) is 29.0 Å². The smallest absolute Gasteiger partial charge is 0.227 e. The van der Waals surface area contributed by atoms with Gasteiger partial charge in [-0.3, -0.25) is 4.79 Å². The molecule has 1 aliphatic heterocycles. The number of aromatic nitrogens is 3. The van der Waals surface area contributed by atoms with Crippen LogP contribution in [0.3, 0.4) is 0 Å². The third-order valence-corrected chi connectivity index (χ3v) is 5.24. The fourth-order valence-electron chi connectivity index (χ4n) is 3.65. The first-order valence-electron chi connectivity index (χ1n) is 10.3. The molecule has 0 atom stereocenters. The summed E-state index contributed by atoms with van der Waals surface area (Å²) in [4.78, 5) is 30.2. The van der Waals surface area contributed by atoms with Crippen LogP contribution in [0.5, 0.6) is 5.75 Å². The molecule has 160 valence electrons. The van der Waals surface area contributed by atoms with Crippen LogP contribution >= 0.6 is 0 Å². The first-order valence-corrected chi connectivity index (χ1v) is 10.3. The number of hydrogen-bond donors (Lipinski definition) is 1. The summed E-state index contributed by atoms with van der Waals surface area (Å²) >= 11 is 0. The molecule has 4 rings (SSSR count). The Kier molecular flexibility index (Phi) is 6.26. The number of methoxy groups -OCH3 is 1. The average molecular weight is 419 g/mol. The van der Waals surface area contributed by atoms with E-state index in [4.69, 9.17) is 4.74 Å². The minimum absolute atomic E-state index is 0.112. The van der Waals surface area contributed by atoms with Gasteiger partial charge in [0.05, 0.1) is 13.5 Å². The molecule has 8 heteroatoms. The number of nitrogens with one attached hydrogen (secondary N) is 1. The van der Waals surface area contributed by atoms with E-state index in [2.05, 4.69) is 25.2 Å². The highest BCUT2D eigenvalue weighted by molar-refractivity contribution is 5.79. The van der Waals surface area contributed by atoms with Crippen LogP contribution in [0.25, 0.3) is 0 Å². The molecule has 1 aliphatic rings.